The number of aromatic nitrogens is 4. The SMILES string of the molecule is C=c1[nH]n(-c2ccc(S(=O)(=O)[O-])cc2)c(=O)/c1=C\C=C\c1c(C)[nH]n(-c2ccc(S(=O)(=O)[O-])cc2)c1=O. The van der Waals surface area contributed by atoms with Crippen LogP contribution in [0.2, 0.25) is 0 Å². The summed E-state index contributed by atoms with van der Waals surface area (Å²) in [5, 5.41) is 6.06. The Morgan fingerprint density at radius 3 is 1.70 bits per heavy atom. The number of nitrogens with one attached hydrogen (secondary N) is 2. The van der Waals surface area contributed by atoms with Crippen LogP contribution in [0.15, 0.2) is 74.0 Å². The van der Waals surface area contributed by atoms with Crippen molar-refractivity contribution in [3.8, 4) is 11.4 Å². The molecule has 2 aromatic carbocycles. The predicted octanol–water partition coefficient (Wildman–Crippen LogP) is -0.335. The molecule has 0 fully saturated rings. The summed E-state index contributed by atoms with van der Waals surface area (Å²) in [6, 6.07) is 9.61. The van der Waals surface area contributed by atoms with E-state index in [1.54, 1.807) is 6.92 Å². The van der Waals surface area contributed by atoms with Crippen LogP contribution in [0.3, 0.4) is 0 Å². The molecule has 0 spiro atoms. The Bertz CT molecular complexity index is 1980. The van der Waals surface area contributed by atoms with Gasteiger partial charge >= 0.3 is 0 Å². The van der Waals surface area contributed by atoms with Crippen LogP contribution in [0.1, 0.15) is 11.3 Å². The van der Waals surface area contributed by atoms with Gasteiger partial charge in [-0.05, 0) is 67.6 Å². The summed E-state index contributed by atoms with van der Waals surface area (Å²) in [4.78, 5) is 24.9. The largest absolute Gasteiger partial charge is 0.744 e. The lowest BCUT2D eigenvalue weighted by molar-refractivity contribution is 0.461. The van der Waals surface area contributed by atoms with Gasteiger partial charge in [0.2, 0.25) is 0 Å². The number of hydrogen-bond acceptors (Lipinski definition) is 8. The second-order valence-corrected chi connectivity index (χ2v) is 10.6. The highest BCUT2D eigenvalue weighted by Crippen LogP contribution is 2.14. The molecule has 2 aromatic heterocycles. The lowest BCUT2D eigenvalue weighted by Crippen LogP contribution is -2.33. The third kappa shape index (κ3) is 5.17. The molecule has 0 aliphatic carbocycles. The lowest BCUT2D eigenvalue weighted by atomic mass is 10.2. The number of nitrogens with zero attached hydrogens (tertiary/aromatic N) is 2. The number of hydrogen-bond donors (Lipinski definition) is 2. The molecule has 0 saturated carbocycles. The zero-order valence-corrected chi connectivity index (χ0v) is 20.7. The fourth-order valence-electron chi connectivity index (χ4n) is 3.55. The molecule has 2 N–H and O–H groups in total. The van der Waals surface area contributed by atoms with Gasteiger partial charge in [-0.25, -0.2) is 26.2 Å². The number of rotatable bonds is 6. The molecule has 2 heterocycles. The van der Waals surface area contributed by atoms with Gasteiger partial charge < -0.3 is 9.11 Å². The molecule has 0 amide bonds. The third-order valence-corrected chi connectivity index (χ3v) is 7.11. The van der Waals surface area contributed by atoms with E-state index in [-0.39, 0.29) is 21.8 Å². The number of aromatic amines is 2. The van der Waals surface area contributed by atoms with Crippen LogP contribution in [0.5, 0.6) is 0 Å². The van der Waals surface area contributed by atoms with Gasteiger partial charge in [-0.2, -0.15) is 0 Å². The van der Waals surface area contributed by atoms with Crippen LogP contribution in [-0.2, 0) is 20.2 Å². The molecule has 0 aliphatic rings. The topological polar surface area (TPSA) is 190 Å². The normalized spacial score (nSPS) is 13.0. The second-order valence-electron chi connectivity index (χ2n) is 7.86. The van der Waals surface area contributed by atoms with Crippen LogP contribution >= 0.6 is 0 Å². The van der Waals surface area contributed by atoms with Crippen molar-refractivity contribution < 1.29 is 25.9 Å². The molecule has 0 unspecified atom stereocenters. The monoisotopic (exact) mass is 542 g/mol. The van der Waals surface area contributed by atoms with Gasteiger partial charge in [-0.1, -0.05) is 12.7 Å². The molecule has 0 atom stereocenters. The van der Waals surface area contributed by atoms with Crippen LogP contribution in [-0.4, -0.2) is 45.5 Å². The van der Waals surface area contributed by atoms with Gasteiger partial charge in [0.05, 0.1) is 37.3 Å². The quantitative estimate of drug-likeness (QED) is 0.309. The van der Waals surface area contributed by atoms with Crippen molar-refractivity contribution in [1.82, 2.24) is 19.6 Å². The molecule has 0 aliphatic heterocycles. The standard InChI is InChI=1S/C23H20N4O8S2/c1-14-20(22(28)26(24-14)16-6-10-18(11-7-16)36(30,31)32)4-3-5-21-15(2)25-27(23(21)29)17-8-12-19(13-9-17)37(33,34)35/h3-13,24-25H,1H2,2H3,(H,30,31,32)(H,33,34,35)/p-2/b5-3+,20-4-. The van der Waals surface area contributed by atoms with E-state index in [0.29, 0.717) is 11.4 Å². The Morgan fingerprint density at radius 1 is 0.784 bits per heavy atom. The summed E-state index contributed by atoms with van der Waals surface area (Å²) in [6.07, 6.45) is 4.40. The number of benzene rings is 2. The minimum absolute atomic E-state index is 0.180. The Balaban J connectivity index is 1.66. The first-order valence-electron chi connectivity index (χ1n) is 10.4. The van der Waals surface area contributed by atoms with Crippen molar-refractivity contribution in [2.45, 2.75) is 16.7 Å². The maximum absolute atomic E-state index is 12.9. The van der Waals surface area contributed by atoms with Gasteiger partial charge in [0.15, 0.2) is 0 Å². The predicted molar refractivity (Wildman–Crippen MR) is 132 cm³/mol. The fourth-order valence-corrected chi connectivity index (χ4v) is 4.49. The van der Waals surface area contributed by atoms with Crippen molar-refractivity contribution in [2.75, 3.05) is 0 Å². The zero-order chi connectivity index (χ0) is 27.1. The molecule has 0 radical (unpaired) electrons. The van der Waals surface area contributed by atoms with Crippen LogP contribution in [0, 0.1) is 6.92 Å². The first-order chi connectivity index (χ1) is 17.3. The average molecular weight is 543 g/mol. The van der Waals surface area contributed by atoms with Crippen molar-refractivity contribution in [1.29, 1.82) is 0 Å². The molecule has 37 heavy (non-hydrogen) atoms. The first kappa shape index (κ1) is 25.8. The average Bonchev–Trinajstić information content (AvgIpc) is 3.28. The van der Waals surface area contributed by atoms with Crippen LogP contribution < -0.4 is 21.7 Å². The van der Waals surface area contributed by atoms with E-state index in [1.807, 2.05) is 0 Å². The Labute approximate surface area is 209 Å². The molecule has 14 heteroatoms. The number of H-pyrrole nitrogens is 2. The Kier molecular flexibility index (Phi) is 6.51. The number of aryl methyl sites for hydroxylation is 1. The zero-order valence-electron chi connectivity index (χ0n) is 19.0. The van der Waals surface area contributed by atoms with E-state index in [2.05, 4.69) is 16.8 Å². The van der Waals surface area contributed by atoms with Gasteiger partial charge in [0.25, 0.3) is 11.1 Å². The molecule has 0 bridgehead atoms. The van der Waals surface area contributed by atoms with Gasteiger partial charge in [-0.3, -0.25) is 19.8 Å². The van der Waals surface area contributed by atoms with E-state index in [0.717, 1.165) is 28.9 Å². The summed E-state index contributed by atoms with van der Waals surface area (Å²) in [6.45, 7) is 5.44. The Hall–Kier alpha value is -4.24. The lowest BCUT2D eigenvalue weighted by Gasteiger charge is -2.07. The molecule has 192 valence electrons. The van der Waals surface area contributed by atoms with Gasteiger partial charge in [0.1, 0.15) is 20.2 Å². The van der Waals surface area contributed by atoms with E-state index in [1.165, 1.54) is 47.2 Å². The van der Waals surface area contributed by atoms with Gasteiger partial charge in [0, 0.05) is 5.69 Å². The van der Waals surface area contributed by atoms with Gasteiger partial charge in [-0.15, -0.1) is 0 Å². The maximum atomic E-state index is 12.9. The fraction of sp³-hybridized carbons (Fsp3) is 0.0435. The van der Waals surface area contributed by atoms with E-state index >= 15 is 0 Å². The summed E-state index contributed by atoms with van der Waals surface area (Å²) in [7, 11) is -9.24. The van der Waals surface area contributed by atoms with Crippen LogP contribution in [0.25, 0.3) is 30.1 Å². The summed E-state index contributed by atoms with van der Waals surface area (Å²) < 4.78 is 69.0. The Morgan fingerprint density at radius 2 is 1.24 bits per heavy atom. The van der Waals surface area contributed by atoms with E-state index in [4.69, 9.17) is 0 Å². The van der Waals surface area contributed by atoms with Crippen LogP contribution in [0.4, 0.5) is 0 Å². The minimum atomic E-state index is -4.63. The second kappa shape index (κ2) is 9.33. The molecule has 4 aromatic rings. The first-order valence-corrected chi connectivity index (χ1v) is 13.2. The minimum Gasteiger partial charge on any atom is -0.744 e. The summed E-state index contributed by atoms with van der Waals surface area (Å²) >= 11 is 0. The van der Waals surface area contributed by atoms with Crippen molar-refractivity contribution >= 4 is 39.0 Å². The highest BCUT2D eigenvalue weighted by molar-refractivity contribution is 7.86. The number of allylic oxidation sites excluding steroid dienone is 1. The molecule has 4 rings (SSSR count). The summed E-state index contributed by atoms with van der Waals surface area (Å²) in [5.74, 6) is 0. The molecular weight excluding hydrogens is 524 g/mol. The van der Waals surface area contributed by atoms with E-state index in [9.17, 15) is 35.5 Å². The highest BCUT2D eigenvalue weighted by Gasteiger charge is 2.11. The van der Waals surface area contributed by atoms with Crippen molar-refractivity contribution in [3.05, 3.63) is 97.1 Å². The molecule has 12 nitrogen and oxygen atoms in total. The highest BCUT2D eigenvalue weighted by atomic mass is 32.2. The molecular formula is C23H18N4O8S2-2. The van der Waals surface area contributed by atoms with Crippen molar-refractivity contribution in [3.63, 3.8) is 0 Å². The van der Waals surface area contributed by atoms with Crippen molar-refractivity contribution in [2.24, 2.45) is 0 Å². The smallest absolute Gasteiger partial charge is 0.279 e. The third-order valence-electron chi connectivity index (χ3n) is 5.42. The maximum Gasteiger partial charge on any atom is 0.279 e. The summed E-state index contributed by atoms with van der Waals surface area (Å²) in [5.41, 5.74) is 0.413. The molecule has 0 saturated heterocycles. The van der Waals surface area contributed by atoms with E-state index < -0.39 is 41.1 Å².